The molecule has 2 unspecified atom stereocenters. The van der Waals surface area contributed by atoms with Crippen molar-refractivity contribution in [1.82, 2.24) is 25.7 Å². The highest BCUT2D eigenvalue weighted by Gasteiger charge is 2.34. The number of benzene rings is 2. The van der Waals surface area contributed by atoms with Crippen molar-refractivity contribution < 1.29 is 13.5 Å². The molecule has 2 aromatic carbocycles. The number of hydrazine groups is 1. The molecule has 2 N–H and O–H groups in total. The van der Waals surface area contributed by atoms with E-state index in [0.29, 0.717) is 18.5 Å². The Hall–Kier alpha value is -3.33. The van der Waals surface area contributed by atoms with Gasteiger partial charge in [-0.3, -0.25) is 15.4 Å². The number of likely N-dealkylation sites (N-methyl/N-ethyl adjacent to an activating group) is 2. The molecule has 0 amide bonds. The molecule has 0 spiro atoms. The minimum absolute atomic E-state index is 0.178. The van der Waals surface area contributed by atoms with Crippen molar-refractivity contribution in [3.63, 3.8) is 0 Å². The number of para-hydroxylation sites is 1. The maximum Gasteiger partial charge on any atom is 0.387 e. The molecule has 3 aliphatic heterocycles. The van der Waals surface area contributed by atoms with Gasteiger partial charge in [0, 0.05) is 67.9 Å². The zero-order valence-corrected chi connectivity index (χ0v) is 21.0. The summed E-state index contributed by atoms with van der Waals surface area (Å²) in [6.07, 6.45) is 3.94. The molecular weight excluding hydrogens is 462 g/mol. The summed E-state index contributed by atoms with van der Waals surface area (Å²) in [6, 6.07) is 16.0. The van der Waals surface area contributed by atoms with Crippen LogP contribution < -0.4 is 25.9 Å². The van der Waals surface area contributed by atoms with Crippen LogP contribution in [0.3, 0.4) is 0 Å². The molecule has 3 heterocycles. The average molecular weight is 497 g/mol. The summed E-state index contributed by atoms with van der Waals surface area (Å²) < 4.78 is 30.1. The molecule has 0 aromatic heterocycles. The lowest BCUT2D eigenvalue weighted by Crippen LogP contribution is -2.57. The van der Waals surface area contributed by atoms with Crippen LogP contribution in [-0.4, -0.2) is 67.0 Å². The normalized spacial score (nSPS) is 22.3. The van der Waals surface area contributed by atoms with E-state index in [4.69, 9.17) is 0 Å². The van der Waals surface area contributed by atoms with Crippen LogP contribution in [-0.2, 0) is 6.54 Å². The van der Waals surface area contributed by atoms with Gasteiger partial charge in [0.05, 0.1) is 11.7 Å². The highest BCUT2D eigenvalue weighted by Crippen LogP contribution is 2.26. The third-order valence-electron chi connectivity index (χ3n) is 7.34. The molecule has 0 saturated carbocycles. The van der Waals surface area contributed by atoms with Crippen LogP contribution in [0.5, 0.6) is 5.75 Å². The largest absolute Gasteiger partial charge is 0.434 e. The molecule has 192 valence electrons. The van der Waals surface area contributed by atoms with E-state index in [0.717, 1.165) is 37.3 Å². The van der Waals surface area contributed by atoms with Gasteiger partial charge in [-0.25, -0.2) is 0 Å². The number of ether oxygens (including phenoxy) is 1. The smallest absolute Gasteiger partial charge is 0.387 e. The van der Waals surface area contributed by atoms with Crippen molar-refractivity contribution in [2.75, 3.05) is 27.2 Å². The van der Waals surface area contributed by atoms with Crippen LogP contribution in [0.4, 0.5) is 8.78 Å². The first-order valence-electron chi connectivity index (χ1n) is 12.5. The Balaban J connectivity index is 1.31. The van der Waals surface area contributed by atoms with Crippen LogP contribution in [0.15, 0.2) is 53.6 Å². The first-order chi connectivity index (χ1) is 17.4. The Morgan fingerprint density at radius 1 is 1.06 bits per heavy atom. The summed E-state index contributed by atoms with van der Waals surface area (Å²) in [4.78, 5) is 2.41. The summed E-state index contributed by atoms with van der Waals surface area (Å²) in [5, 5.41) is 14.7. The molecule has 9 heteroatoms. The molecule has 0 radical (unpaired) electrons. The van der Waals surface area contributed by atoms with Gasteiger partial charge in [-0.05, 0) is 18.9 Å². The van der Waals surface area contributed by atoms with Crippen LogP contribution in [0, 0.1) is 5.92 Å². The van der Waals surface area contributed by atoms with Gasteiger partial charge in [-0.15, -0.1) is 0 Å². The number of nitrogens with zero attached hydrogens (tertiary/aromatic N) is 4. The van der Waals surface area contributed by atoms with Crippen LogP contribution in [0.1, 0.15) is 25.3 Å². The van der Waals surface area contributed by atoms with Gasteiger partial charge in [-0.2, -0.15) is 13.9 Å². The Labute approximate surface area is 210 Å². The number of likely N-dealkylation sites (tertiary alicyclic amines) is 1. The fourth-order valence-corrected chi connectivity index (χ4v) is 5.52. The minimum atomic E-state index is -2.82. The number of fused-ring (bicyclic) bond motifs is 1. The predicted octanol–water partition coefficient (Wildman–Crippen LogP) is 2.10. The molecule has 3 aliphatic rings. The Kier molecular flexibility index (Phi) is 7.00. The van der Waals surface area contributed by atoms with E-state index < -0.39 is 6.61 Å². The number of halogens is 2. The highest BCUT2D eigenvalue weighted by atomic mass is 19.3. The van der Waals surface area contributed by atoms with Crippen LogP contribution in [0.25, 0.3) is 11.5 Å². The topological polar surface area (TPSA) is 55.4 Å². The Morgan fingerprint density at radius 2 is 1.75 bits per heavy atom. The minimum Gasteiger partial charge on any atom is -0.434 e. The summed E-state index contributed by atoms with van der Waals surface area (Å²) in [6.45, 7) is 1.68. The predicted molar refractivity (Wildman–Crippen MR) is 137 cm³/mol. The zero-order chi connectivity index (χ0) is 25.2. The maximum absolute atomic E-state index is 12.7. The summed E-state index contributed by atoms with van der Waals surface area (Å²) in [5.74, 6) is 1.68. The first-order valence-corrected chi connectivity index (χ1v) is 12.5. The van der Waals surface area contributed by atoms with Crippen molar-refractivity contribution in [2.24, 2.45) is 11.0 Å². The number of nitrogens with one attached hydrogen (secondary N) is 2. The number of hydrogen-bond donors (Lipinski definition) is 2. The maximum atomic E-state index is 12.7. The second-order valence-corrected chi connectivity index (χ2v) is 9.72. The monoisotopic (exact) mass is 496 g/mol. The van der Waals surface area contributed by atoms with E-state index >= 15 is 0 Å². The van der Waals surface area contributed by atoms with Gasteiger partial charge < -0.3 is 15.0 Å². The molecule has 0 aliphatic carbocycles. The standard InChI is InChI=1S/C27H34F2N6O/c1-18-16-31-33(2)24(18)25-21-9-5-6-10-22(21)26(32-34(25)3)35-14-12-20(13-15-35)30-17-19-8-4-7-11-23(19)36-27(28)29/h4-11,16,18,20,24,27,30,32H,12-15,17H2,1-3H3. The van der Waals surface area contributed by atoms with Crippen LogP contribution in [0.2, 0.25) is 0 Å². The van der Waals surface area contributed by atoms with Gasteiger partial charge >= 0.3 is 6.61 Å². The van der Waals surface area contributed by atoms with Crippen LogP contribution >= 0.6 is 0 Å². The van der Waals surface area contributed by atoms with E-state index in [2.05, 4.69) is 68.7 Å². The van der Waals surface area contributed by atoms with Gasteiger partial charge in [0.1, 0.15) is 11.6 Å². The molecule has 2 aromatic rings. The van der Waals surface area contributed by atoms with E-state index in [1.54, 1.807) is 12.1 Å². The van der Waals surface area contributed by atoms with Crippen molar-refractivity contribution in [3.05, 3.63) is 64.5 Å². The highest BCUT2D eigenvalue weighted by molar-refractivity contribution is 5.70. The molecular formula is C27H34F2N6O. The van der Waals surface area contributed by atoms with Crippen molar-refractivity contribution in [2.45, 2.75) is 45.0 Å². The Morgan fingerprint density at radius 3 is 2.44 bits per heavy atom. The quantitative estimate of drug-likeness (QED) is 0.613. The third-order valence-corrected chi connectivity index (χ3v) is 7.34. The molecule has 5 rings (SSSR count). The lowest BCUT2D eigenvalue weighted by Gasteiger charge is -2.41. The number of rotatable bonds is 7. The summed E-state index contributed by atoms with van der Waals surface area (Å²) >= 11 is 0. The van der Waals surface area contributed by atoms with Crippen molar-refractivity contribution in [1.29, 1.82) is 0 Å². The van der Waals surface area contributed by atoms with Crippen molar-refractivity contribution in [3.8, 4) is 5.75 Å². The van der Waals surface area contributed by atoms with Gasteiger partial charge in [-0.1, -0.05) is 49.4 Å². The number of alkyl halides is 2. The molecule has 0 bridgehead atoms. The van der Waals surface area contributed by atoms with Gasteiger partial charge in [0.25, 0.3) is 0 Å². The molecule has 1 saturated heterocycles. The number of hydrazone groups is 1. The summed E-state index contributed by atoms with van der Waals surface area (Å²) in [7, 11) is 4.11. The first kappa shape index (κ1) is 24.4. The van der Waals surface area contributed by atoms with Gasteiger partial charge in [0.2, 0.25) is 0 Å². The zero-order valence-electron chi connectivity index (χ0n) is 21.0. The third kappa shape index (κ3) is 4.84. The number of hydrogen-bond acceptors (Lipinski definition) is 7. The SMILES string of the molecule is CC1C=NN(C)C1C1=c2ccccc2=C(N2CCC(NCc3ccccc3OC(F)F)CC2)NN1C. The molecule has 2 atom stereocenters. The van der Waals surface area contributed by atoms with E-state index in [9.17, 15) is 8.78 Å². The van der Waals surface area contributed by atoms with Gasteiger partial charge in [0.15, 0.2) is 0 Å². The van der Waals surface area contributed by atoms with E-state index in [1.165, 1.54) is 16.1 Å². The van der Waals surface area contributed by atoms with Crippen molar-refractivity contribution >= 4 is 17.7 Å². The fraction of sp³-hybridized carbons (Fsp3) is 0.444. The lowest BCUT2D eigenvalue weighted by molar-refractivity contribution is -0.0505. The second-order valence-electron chi connectivity index (χ2n) is 9.72. The molecule has 7 nitrogen and oxygen atoms in total. The van der Waals surface area contributed by atoms with E-state index in [-0.39, 0.29) is 11.8 Å². The lowest BCUT2D eigenvalue weighted by atomic mass is 9.97. The molecule has 36 heavy (non-hydrogen) atoms. The van der Waals surface area contributed by atoms with E-state index in [1.807, 2.05) is 30.4 Å². The summed E-state index contributed by atoms with van der Waals surface area (Å²) in [5.41, 5.74) is 5.63. The fourth-order valence-electron chi connectivity index (χ4n) is 5.52. The number of piperidine rings is 1. The average Bonchev–Trinajstić information content (AvgIpc) is 3.20. The second kappa shape index (κ2) is 10.3. The Bertz CT molecular complexity index is 1210. The molecule has 1 fully saturated rings.